The molecule has 56 valence electrons. The normalized spacial score (nSPS) is 10.1. The van der Waals surface area contributed by atoms with E-state index in [1.807, 2.05) is 0 Å². The average Bonchev–Trinajstić information content (AvgIpc) is 1.67. The Morgan fingerprint density at radius 1 is 1.67 bits per heavy atom. The minimum Gasteiger partial charge on any atom is -1.00 e. The minimum absolute atomic E-state index is 0. The highest BCUT2D eigenvalue weighted by Gasteiger charge is 2.12. The van der Waals surface area contributed by atoms with E-state index in [4.69, 9.17) is 5.26 Å². The van der Waals surface area contributed by atoms with Gasteiger partial charge in [0.05, 0.1) is 0 Å². The van der Waals surface area contributed by atoms with Gasteiger partial charge >= 0.3 is 0 Å². The van der Waals surface area contributed by atoms with E-state index in [1.54, 1.807) is 20.2 Å². The summed E-state index contributed by atoms with van der Waals surface area (Å²) in [5.74, 6) is 0. The van der Waals surface area contributed by atoms with Crippen molar-refractivity contribution in [3.8, 4) is 0 Å². The monoisotopic (exact) mass is 153 g/mol. The Bertz CT molecular complexity index is 85.0. The first-order valence-electron chi connectivity index (χ1n) is 2.39. The number of hydrogen-bond acceptors (Lipinski definition) is 2. The van der Waals surface area contributed by atoms with Crippen molar-refractivity contribution in [2.24, 2.45) is 0 Å². The van der Waals surface area contributed by atoms with Crippen LogP contribution in [0.1, 0.15) is 0 Å². The van der Waals surface area contributed by atoms with Crippen LogP contribution >= 0.6 is 0 Å². The van der Waals surface area contributed by atoms with Crippen LogP contribution in [0, 0.1) is 0 Å². The second-order valence-corrected chi connectivity index (χ2v) is 2.13. The zero-order valence-corrected chi connectivity index (χ0v) is 6.43. The molecule has 0 aliphatic carbocycles. The molecular formula is C5H12ClNO2. The zero-order chi connectivity index (χ0) is 6.62. The molecule has 4 heteroatoms. The first kappa shape index (κ1) is 11.7. The maximum atomic E-state index is 8.15. The molecule has 0 unspecified atom stereocenters. The van der Waals surface area contributed by atoms with Crippen LogP contribution in [0.4, 0.5) is 0 Å². The van der Waals surface area contributed by atoms with Gasteiger partial charge in [-0.05, 0) is 11.1 Å². The molecule has 0 saturated heterocycles. The van der Waals surface area contributed by atoms with E-state index in [0.29, 0.717) is 6.54 Å². The molecule has 9 heavy (non-hydrogen) atoms. The van der Waals surface area contributed by atoms with Crippen molar-refractivity contribution in [3.63, 3.8) is 0 Å². The first-order valence-corrected chi connectivity index (χ1v) is 2.39. The molecule has 0 spiro atoms. The molecule has 0 bridgehead atoms. The van der Waals surface area contributed by atoms with Gasteiger partial charge in [-0.1, -0.05) is 6.58 Å². The van der Waals surface area contributed by atoms with Crippen LogP contribution in [0.2, 0.25) is 0 Å². The molecule has 1 N–H and O–H groups in total. The van der Waals surface area contributed by atoms with Crippen LogP contribution in [-0.2, 0) is 4.99 Å². The summed E-state index contributed by atoms with van der Waals surface area (Å²) in [6.07, 6.45) is 1.68. The molecular weight excluding hydrogens is 142 g/mol. The third-order valence-corrected chi connectivity index (χ3v) is 0.790. The highest BCUT2D eigenvalue weighted by Crippen LogP contribution is 1.93. The van der Waals surface area contributed by atoms with E-state index in [9.17, 15) is 0 Å². The van der Waals surface area contributed by atoms with Gasteiger partial charge in [-0.3, -0.25) is 0 Å². The Morgan fingerprint density at radius 2 is 2.11 bits per heavy atom. The van der Waals surface area contributed by atoms with Gasteiger partial charge in [0.15, 0.2) is 0 Å². The van der Waals surface area contributed by atoms with Crippen LogP contribution in [0.15, 0.2) is 12.7 Å². The molecule has 0 aliphatic rings. The third-order valence-electron chi connectivity index (χ3n) is 0.790. The fourth-order valence-electron chi connectivity index (χ4n) is 0.344. The smallest absolute Gasteiger partial charge is 0.130 e. The lowest BCUT2D eigenvalue weighted by molar-refractivity contribution is -1.12. The quantitative estimate of drug-likeness (QED) is 0.213. The summed E-state index contributed by atoms with van der Waals surface area (Å²) >= 11 is 0. The predicted octanol–water partition coefficient (Wildman–Crippen LogP) is -2.34. The fraction of sp³-hybridized carbons (Fsp3) is 0.600. The van der Waals surface area contributed by atoms with Crippen molar-refractivity contribution in [3.05, 3.63) is 12.7 Å². The van der Waals surface area contributed by atoms with Crippen molar-refractivity contribution in [2.45, 2.75) is 0 Å². The van der Waals surface area contributed by atoms with Crippen molar-refractivity contribution >= 4 is 0 Å². The summed E-state index contributed by atoms with van der Waals surface area (Å²) < 4.78 is 0.101. The third kappa shape index (κ3) is 5.79. The van der Waals surface area contributed by atoms with Crippen molar-refractivity contribution in [2.75, 3.05) is 20.6 Å². The van der Waals surface area contributed by atoms with E-state index in [1.165, 1.54) is 0 Å². The topological polar surface area (TPSA) is 29.5 Å². The number of hydrogen-bond donors (Lipinski definition) is 1. The van der Waals surface area contributed by atoms with Crippen molar-refractivity contribution in [1.82, 2.24) is 0 Å². The Labute approximate surface area is 61.4 Å². The molecule has 0 atom stereocenters. The van der Waals surface area contributed by atoms with Crippen LogP contribution < -0.4 is 12.4 Å². The lowest BCUT2D eigenvalue weighted by Gasteiger charge is -2.19. The summed E-state index contributed by atoms with van der Waals surface area (Å²) in [5, 5.41) is 8.15. The summed E-state index contributed by atoms with van der Waals surface area (Å²) in [7, 11) is 3.45. The van der Waals surface area contributed by atoms with E-state index < -0.39 is 0 Å². The van der Waals surface area contributed by atoms with Crippen LogP contribution in [0.5, 0.6) is 0 Å². The van der Waals surface area contributed by atoms with Gasteiger partial charge < -0.3 is 12.4 Å². The predicted molar refractivity (Wildman–Crippen MR) is 30.9 cm³/mol. The maximum absolute atomic E-state index is 8.15. The second-order valence-electron chi connectivity index (χ2n) is 2.13. The van der Waals surface area contributed by atoms with Gasteiger partial charge in [0.25, 0.3) is 0 Å². The van der Waals surface area contributed by atoms with Gasteiger partial charge in [0.2, 0.25) is 0 Å². The van der Waals surface area contributed by atoms with Crippen LogP contribution in [0.25, 0.3) is 0 Å². The summed E-state index contributed by atoms with van der Waals surface area (Å²) in [6, 6.07) is 0. The molecule has 0 aromatic heterocycles. The highest BCUT2D eigenvalue weighted by molar-refractivity contribution is 4.62. The summed E-state index contributed by atoms with van der Waals surface area (Å²) in [4.78, 5) is 4.04. The van der Waals surface area contributed by atoms with Gasteiger partial charge in [-0.25, -0.2) is 5.26 Å². The van der Waals surface area contributed by atoms with Gasteiger partial charge in [-0.15, -0.1) is 4.65 Å². The van der Waals surface area contributed by atoms with Crippen LogP contribution in [0.3, 0.4) is 0 Å². The number of quaternary nitrogens is 1. The number of likely N-dealkylation sites (N-methyl/N-ethyl adjacent to an activating group) is 1. The molecule has 0 radical (unpaired) electrons. The summed E-state index contributed by atoms with van der Waals surface area (Å²) in [5.41, 5.74) is 0. The molecule has 0 aromatic rings. The molecule has 0 fully saturated rings. The minimum atomic E-state index is 0. The molecule has 0 saturated carbocycles. The number of hydroxylamine groups is 3. The second kappa shape index (κ2) is 4.76. The SMILES string of the molecule is C=CC[N+](C)(C)OO.[Cl-]. The Morgan fingerprint density at radius 3 is 2.22 bits per heavy atom. The number of rotatable bonds is 3. The van der Waals surface area contributed by atoms with E-state index in [0.717, 1.165) is 0 Å². The summed E-state index contributed by atoms with van der Waals surface area (Å²) in [6.45, 7) is 4.08. The molecule has 0 aromatic carbocycles. The van der Waals surface area contributed by atoms with Crippen molar-refractivity contribution < 1.29 is 27.3 Å². The molecule has 0 amide bonds. The van der Waals surface area contributed by atoms with Gasteiger partial charge in [0.1, 0.15) is 20.6 Å². The van der Waals surface area contributed by atoms with E-state index in [2.05, 4.69) is 11.6 Å². The Balaban J connectivity index is 0. The lowest BCUT2D eigenvalue weighted by Crippen LogP contribution is -3.00. The standard InChI is InChI=1S/C5H11NO2.ClH/c1-4-5-6(2,3)8-7;/h4H,1,5H2,2-3H3;1H. The van der Waals surface area contributed by atoms with E-state index >= 15 is 0 Å². The molecule has 3 nitrogen and oxygen atoms in total. The van der Waals surface area contributed by atoms with E-state index in [-0.39, 0.29) is 17.1 Å². The first-order chi connectivity index (χ1) is 3.62. The highest BCUT2D eigenvalue weighted by atomic mass is 35.5. The number of nitrogens with zero attached hydrogens (tertiary/aromatic N) is 1. The molecule has 0 heterocycles. The van der Waals surface area contributed by atoms with Crippen LogP contribution in [-0.4, -0.2) is 30.5 Å². The maximum Gasteiger partial charge on any atom is 0.130 e. The largest absolute Gasteiger partial charge is 1.00 e. The Kier molecular flexibility index (Phi) is 6.17. The van der Waals surface area contributed by atoms with Gasteiger partial charge in [0, 0.05) is 0 Å². The number of halogens is 1. The van der Waals surface area contributed by atoms with Crippen molar-refractivity contribution in [1.29, 1.82) is 0 Å². The molecule has 0 rings (SSSR count). The average molecular weight is 154 g/mol. The zero-order valence-electron chi connectivity index (χ0n) is 5.67. The molecule has 0 aliphatic heterocycles. The van der Waals surface area contributed by atoms with Gasteiger partial charge in [-0.2, -0.15) is 0 Å². The fourth-order valence-corrected chi connectivity index (χ4v) is 0.344. The lowest BCUT2D eigenvalue weighted by atomic mass is 10.6. The Hall–Kier alpha value is -0.0900.